The number of fused-ring (bicyclic) bond motifs is 2. The third-order valence-corrected chi connectivity index (χ3v) is 9.03. The first-order chi connectivity index (χ1) is 24.1. The average molecular weight is 729 g/mol. The predicted octanol–water partition coefficient (Wildman–Crippen LogP) is 1.81. The Labute approximate surface area is 306 Å². The summed E-state index contributed by atoms with van der Waals surface area (Å²) < 4.78 is 11.2. The van der Waals surface area contributed by atoms with E-state index in [1.54, 1.807) is 6.07 Å². The van der Waals surface area contributed by atoms with E-state index in [-0.39, 0.29) is 68.0 Å². The van der Waals surface area contributed by atoms with Gasteiger partial charge < -0.3 is 41.4 Å². The Morgan fingerprint density at radius 3 is 2.31 bits per heavy atom. The molecule has 0 saturated carbocycles. The van der Waals surface area contributed by atoms with Gasteiger partial charge in [-0.05, 0) is 80.8 Å². The van der Waals surface area contributed by atoms with Crippen molar-refractivity contribution in [2.24, 2.45) is 11.8 Å². The highest BCUT2D eigenvalue weighted by Gasteiger charge is 2.32. The second-order valence-electron chi connectivity index (χ2n) is 13.2. The Morgan fingerprint density at radius 2 is 1.61 bits per heavy atom. The summed E-state index contributed by atoms with van der Waals surface area (Å²) in [5, 5.41) is 17.7. The van der Waals surface area contributed by atoms with Crippen LogP contribution in [0.2, 0.25) is 0 Å². The Kier molecular flexibility index (Phi) is 17.0. The lowest BCUT2D eigenvalue weighted by Gasteiger charge is -2.28. The SMILES string of the molecule is COc1ccc2cc1OCC(=O)NCCCC(NC(=O)C1CCNCC1)C(=O)N[C@@H](Cc1ccccc1)C(=O)N[C@H](C(C)C)C(=O)NCCC2.Cl. The van der Waals surface area contributed by atoms with Crippen LogP contribution in [0.15, 0.2) is 48.5 Å². The zero-order valence-corrected chi connectivity index (χ0v) is 30.6. The summed E-state index contributed by atoms with van der Waals surface area (Å²) in [6.45, 7) is 5.49. The van der Waals surface area contributed by atoms with Gasteiger partial charge >= 0.3 is 0 Å². The van der Waals surface area contributed by atoms with Crippen LogP contribution < -0.4 is 41.4 Å². The van der Waals surface area contributed by atoms with Gasteiger partial charge in [0.05, 0.1) is 7.11 Å². The molecule has 2 aliphatic rings. The molecule has 14 heteroatoms. The molecule has 0 aliphatic carbocycles. The molecular weight excluding hydrogens is 676 g/mol. The fourth-order valence-corrected chi connectivity index (χ4v) is 6.09. The van der Waals surface area contributed by atoms with Gasteiger partial charge in [-0.3, -0.25) is 24.0 Å². The molecule has 2 heterocycles. The van der Waals surface area contributed by atoms with Crippen molar-refractivity contribution in [2.45, 2.75) is 76.9 Å². The van der Waals surface area contributed by atoms with Crippen molar-refractivity contribution in [1.82, 2.24) is 31.9 Å². The standard InChI is InChI=1S/C37H52N6O7.ClH/c1-24(2)33-37(48)40-18-7-11-26-13-14-30(49-3)31(22-26)50-23-32(44)39-17-8-12-28(41-34(45)27-15-19-38-20-16-27)35(46)42-29(36(47)43-33)21-25-9-5-4-6-10-25;/h4-6,9-10,13-14,22,24,27-29,33,38H,7-8,11-12,15-21,23H2,1-3H3,(H,39,44)(H,40,48)(H,41,45)(H,42,46)(H,43,47);1H/t28?,29-,33+;/m0./s1. The van der Waals surface area contributed by atoms with Crippen LogP contribution in [0.25, 0.3) is 0 Å². The van der Waals surface area contributed by atoms with E-state index >= 15 is 0 Å². The van der Waals surface area contributed by atoms with Crippen LogP contribution in [0.3, 0.4) is 0 Å². The van der Waals surface area contributed by atoms with Crippen molar-refractivity contribution in [3.63, 3.8) is 0 Å². The van der Waals surface area contributed by atoms with E-state index in [0.717, 1.165) is 11.1 Å². The molecule has 2 bridgehead atoms. The van der Waals surface area contributed by atoms with E-state index in [4.69, 9.17) is 9.47 Å². The molecule has 0 spiro atoms. The largest absolute Gasteiger partial charge is 0.493 e. The highest BCUT2D eigenvalue weighted by atomic mass is 35.5. The minimum Gasteiger partial charge on any atom is -0.493 e. The van der Waals surface area contributed by atoms with Gasteiger partial charge in [-0.1, -0.05) is 50.2 Å². The molecule has 1 unspecified atom stereocenters. The second kappa shape index (κ2) is 21.1. The number of benzene rings is 2. The third-order valence-electron chi connectivity index (χ3n) is 9.03. The highest BCUT2D eigenvalue weighted by molar-refractivity contribution is 5.94. The molecule has 0 radical (unpaired) electrons. The number of nitrogens with one attached hydrogen (secondary N) is 6. The number of halogens is 1. The van der Waals surface area contributed by atoms with Crippen molar-refractivity contribution >= 4 is 41.9 Å². The molecule has 0 aromatic heterocycles. The summed E-state index contributed by atoms with van der Waals surface area (Å²) in [4.78, 5) is 67.1. The van der Waals surface area contributed by atoms with Gasteiger partial charge in [-0.2, -0.15) is 0 Å². The van der Waals surface area contributed by atoms with Gasteiger partial charge in [0, 0.05) is 25.4 Å². The van der Waals surface area contributed by atoms with E-state index < -0.39 is 29.9 Å². The quantitative estimate of drug-likeness (QED) is 0.261. The monoisotopic (exact) mass is 728 g/mol. The lowest BCUT2D eigenvalue weighted by Crippen LogP contribution is -2.58. The topological polar surface area (TPSA) is 176 Å². The Morgan fingerprint density at radius 1 is 0.882 bits per heavy atom. The van der Waals surface area contributed by atoms with Crippen LogP contribution in [-0.4, -0.2) is 87.6 Å². The maximum Gasteiger partial charge on any atom is 0.257 e. The Hall–Kier alpha value is -4.36. The first kappa shape index (κ1) is 41.1. The van der Waals surface area contributed by atoms with Crippen LogP contribution in [0, 0.1) is 11.8 Å². The minimum absolute atomic E-state index is 0. The van der Waals surface area contributed by atoms with Gasteiger partial charge in [-0.25, -0.2) is 0 Å². The van der Waals surface area contributed by atoms with E-state index in [0.29, 0.717) is 63.2 Å². The molecule has 2 aromatic rings. The minimum atomic E-state index is -1.02. The number of ether oxygens (including phenoxy) is 2. The number of carbonyl (C=O) groups is 5. The van der Waals surface area contributed by atoms with E-state index in [2.05, 4.69) is 31.9 Å². The predicted molar refractivity (Wildman–Crippen MR) is 196 cm³/mol. The lowest BCUT2D eigenvalue weighted by atomic mass is 9.96. The molecule has 13 nitrogen and oxygen atoms in total. The third kappa shape index (κ3) is 13.0. The Bertz CT molecular complexity index is 1450. The van der Waals surface area contributed by atoms with E-state index in [1.807, 2.05) is 56.3 Å². The molecule has 3 atom stereocenters. The van der Waals surface area contributed by atoms with Crippen molar-refractivity contribution in [1.29, 1.82) is 0 Å². The molecule has 5 amide bonds. The van der Waals surface area contributed by atoms with E-state index in [1.165, 1.54) is 7.11 Å². The van der Waals surface area contributed by atoms with Gasteiger partial charge in [0.25, 0.3) is 5.91 Å². The lowest BCUT2D eigenvalue weighted by molar-refractivity contribution is -0.135. The van der Waals surface area contributed by atoms with Crippen molar-refractivity contribution in [3.8, 4) is 11.5 Å². The molecule has 1 fully saturated rings. The smallest absolute Gasteiger partial charge is 0.257 e. The van der Waals surface area contributed by atoms with Crippen LogP contribution >= 0.6 is 12.4 Å². The van der Waals surface area contributed by atoms with Crippen LogP contribution in [0.4, 0.5) is 0 Å². The summed E-state index contributed by atoms with van der Waals surface area (Å²) in [7, 11) is 1.52. The van der Waals surface area contributed by atoms with Gasteiger partial charge in [-0.15, -0.1) is 12.4 Å². The zero-order chi connectivity index (χ0) is 35.9. The molecule has 1 saturated heterocycles. The van der Waals surface area contributed by atoms with Crippen molar-refractivity contribution in [2.75, 3.05) is 39.9 Å². The van der Waals surface area contributed by atoms with Crippen LogP contribution in [-0.2, 0) is 36.8 Å². The highest BCUT2D eigenvalue weighted by Crippen LogP contribution is 2.28. The summed E-state index contributed by atoms with van der Waals surface area (Å²) in [5.41, 5.74) is 1.77. The maximum absolute atomic E-state index is 13.9. The van der Waals surface area contributed by atoms with Gasteiger partial charge in [0.15, 0.2) is 18.1 Å². The zero-order valence-electron chi connectivity index (χ0n) is 29.8. The number of amides is 5. The molecular formula is C37H53ClN6O7. The van der Waals surface area contributed by atoms with Crippen molar-refractivity contribution < 1.29 is 33.4 Å². The number of hydrogen-bond donors (Lipinski definition) is 6. The second-order valence-corrected chi connectivity index (χ2v) is 13.2. The summed E-state index contributed by atoms with van der Waals surface area (Å²) >= 11 is 0. The first-order valence-electron chi connectivity index (χ1n) is 17.6. The van der Waals surface area contributed by atoms with Crippen LogP contribution in [0.1, 0.15) is 57.1 Å². The molecule has 51 heavy (non-hydrogen) atoms. The Balaban J connectivity index is 0.00000702. The fraction of sp³-hybridized carbons (Fsp3) is 0.541. The number of hydrogen-bond acceptors (Lipinski definition) is 8. The summed E-state index contributed by atoms with van der Waals surface area (Å²) in [5.74, 6) is -1.45. The number of aryl methyl sites for hydroxylation is 1. The van der Waals surface area contributed by atoms with Crippen LogP contribution in [0.5, 0.6) is 11.5 Å². The van der Waals surface area contributed by atoms with Gasteiger partial charge in [0.2, 0.25) is 23.6 Å². The fourth-order valence-electron chi connectivity index (χ4n) is 6.09. The molecule has 2 aromatic carbocycles. The van der Waals surface area contributed by atoms with Crippen molar-refractivity contribution in [3.05, 3.63) is 59.7 Å². The maximum atomic E-state index is 13.9. The average Bonchev–Trinajstić information content (AvgIpc) is 3.12. The number of methoxy groups -OCH3 is 1. The normalized spacial score (nSPS) is 21.9. The number of rotatable bonds is 6. The molecule has 2 aliphatic heterocycles. The molecule has 280 valence electrons. The molecule has 4 rings (SSSR count). The number of piperidine rings is 1. The number of carbonyl (C=O) groups excluding carboxylic acids is 5. The van der Waals surface area contributed by atoms with E-state index in [9.17, 15) is 24.0 Å². The van der Waals surface area contributed by atoms with Gasteiger partial charge in [0.1, 0.15) is 18.1 Å². The summed E-state index contributed by atoms with van der Waals surface area (Å²) in [6.07, 6.45) is 3.33. The summed E-state index contributed by atoms with van der Waals surface area (Å²) in [6, 6.07) is 12.0. The first-order valence-corrected chi connectivity index (χ1v) is 17.6. The molecule has 6 N–H and O–H groups in total.